The quantitative estimate of drug-likeness (QED) is 0.275. The van der Waals surface area contributed by atoms with Crippen LogP contribution in [0.5, 0.6) is 0 Å². The van der Waals surface area contributed by atoms with Crippen LogP contribution in [0.15, 0.2) is 107 Å². The lowest BCUT2D eigenvalue weighted by Crippen LogP contribution is -2.07. The lowest BCUT2D eigenvalue weighted by Gasteiger charge is -2.14. The van der Waals surface area contributed by atoms with E-state index in [2.05, 4.69) is 24.3 Å². The van der Waals surface area contributed by atoms with Crippen molar-refractivity contribution in [1.82, 2.24) is 0 Å². The number of nitrogens with zero attached hydrogens (tertiary/aromatic N) is 2. The summed E-state index contributed by atoms with van der Waals surface area (Å²) in [5.41, 5.74) is 5.65. The molecule has 6 rings (SSSR count). The summed E-state index contributed by atoms with van der Waals surface area (Å²) in [6.45, 7) is 0.969. The average molecular weight is 513 g/mol. The number of hydrogen-bond acceptors (Lipinski definition) is 4. The average Bonchev–Trinajstić information content (AvgIpc) is 3.60. The molecule has 0 fully saturated rings. The molecule has 178 valence electrons. The Morgan fingerprint density at radius 2 is 0.944 bits per heavy atom. The highest BCUT2D eigenvalue weighted by atomic mass is 35.5. The van der Waals surface area contributed by atoms with Crippen LogP contribution in [0, 0.1) is 0 Å². The minimum absolute atomic E-state index is 0.0577. The summed E-state index contributed by atoms with van der Waals surface area (Å²) < 4.78 is 12.2. The van der Waals surface area contributed by atoms with E-state index >= 15 is 0 Å². The molecule has 2 heterocycles. The smallest absolute Gasteiger partial charge is 0.217 e. The predicted molar refractivity (Wildman–Crippen MR) is 145 cm³/mol. The van der Waals surface area contributed by atoms with Crippen molar-refractivity contribution in [3.63, 3.8) is 0 Å². The fraction of sp³-hybridized carbons (Fsp3) is 0.133. The molecular weight excluding hydrogens is 491 g/mol. The molecule has 0 N–H and O–H groups in total. The molecule has 0 aromatic heterocycles. The first-order valence-corrected chi connectivity index (χ1v) is 12.5. The van der Waals surface area contributed by atoms with Crippen LogP contribution in [0.4, 0.5) is 0 Å². The standard InChI is InChI=1S/C30H22Cl2N2O2/c31-21-11-13-23(29-33-27(17-35-29)19-7-3-1-4-8-19)25(15-21)26-16-22(32)12-14-24(26)30-34-28(18-36-30)20-9-5-2-6-10-20/h1-16,27-28H,17-18H2/t27-,28-/m1/s1. The molecule has 2 aliphatic heterocycles. The number of rotatable bonds is 5. The van der Waals surface area contributed by atoms with Crippen molar-refractivity contribution in [2.45, 2.75) is 12.1 Å². The number of aliphatic imine (C=N–C) groups is 2. The molecule has 0 bridgehead atoms. The molecule has 4 aromatic carbocycles. The first-order chi connectivity index (χ1) is 17.7. The highest BCUT2D eigenvalue weighted by Crippen LogP contribution is 2.37. The Hall–Kier alpha value is -3.60. The van der Waals surface area contributed by atoms with E-state index in [-0.39, 0.29) is 12.1 Å². The van der Waals surface area contributed by atoms with Crippen LogP contribution in [-0.2, 0) is 9.47 Å². The SMILES string of the molecule is Clc1ccc(C2=N[C@@H](c3ccccc3)CO2)c(-c2cc(Cl)ccc2C2=N[C@@H](c3ccccc3)CO2)c1. The zero-order chi connectivity index (χ0) is 24.5. The van der Waals surface area contributed by atoms with Crippen LogP contribution < -0.4 is 0 Å². The van der Waals surface area contributed by atoms with Crippen molar-refractivity contribution >= 4 is 35.0 Å². The topological polar surface area (TPSA) is 43.2 Å². The summed E-state index contributed by atoms with van der Waals surface area (Å²) >= 11 is 13.0. The molecular formula is C30H22Cl2N2O2. The molecule has 36 heavy (non-hydrogen) atoms. The lowest BCUT2D eigenvalue weighted by molar-refractivity contribution is 0.319. The van der Waals surface area contributed by atoms with Crippen molar-refractivity contribution in [2.75, 3.05) is 13.2 Å². The Morgan fingerprint density at radius 3 is 1.36 bits per heavy atom. The molecule has 0 aliphatic carbocycles. The van der Waals surface area contributed by atoms with Crippen LogP contribution in [0.25, 0.3) is 11.1 Å². The molecule has 0 unspecified atom stereocenters. The lowest BCUT2D eigenvalue weighted by atomic mass is 9.95. The van der Waals surface area contributed by atoms with Gasteiger partial charge < -0.3 is 9.47 Å². The van der Waals surface area contributed by atoms with Crippen molar-refractivity contribution < 1.29 is 9.47 Å². The van der Waals surface area contributed by atoms with Crippen molar-refractivity contribution in [3.8, 4) is 11.1 Å². The van der Waals surface area contributed by atoms with Gasteiger partial charge in [0.15, 0.2) is 0 Å². The number of benzene rings is 4. The van der Waals surface area contributed by atoms with E-state index < -0.39 is 0 Å². The van der Waals surface area contributed by atoms with E-state index in [0.717, 1.165) is 33.4 Å². The summed E-state index contributed by atoms with van der Waals surface area (Å²) in [5.74, 6) is 1.16. The molecule has 0 spiro atoms. The monoisotopic (exact) mass is 512 g/mol. The third-order valence-electron chi connectivity index (χ3n) is 6.38. The van der Waals surface area contributed by atoms with Crippen LogP contribution in [0.1, 0.15) is 34.3 Å². The Morgan fingerprint density at radius 1 is 0.528 bits per heavy atom. The Kier molecular flexibility index (Phi) is 6.22. The molecule has 4 nitrogen and oxygen atoms in total. The zero-order valence-electron chi connectivity index (χ0n) is 19.3. The van der Waals surface area contributed by atoms with Gasteiger partial charge in [0.2, 0.25) is 11.8 Å². The highest BCUT2D eigenvalue weighted by Gasteiger charge is 2.27. The molecule has 4 aromatic rings. The van der Waals surface area contributed by atoms with Gasteiger partial charge in [-0.25, -0.2) is 9.98 Å². The second-order valence-electron chi connectivity index (χ2n) is 8.72. The molecule has 2 aliphatic rings. The van der Waals surface area contributed by atoms with Gasteiger partial charge >= 0.3 is 0 Å². The second-order valence-corrected chi connectivity index (χ2v) is 9.60. The van der Waals surface area contributed by atoms with Crippen molar-refractivity contribution in [3.05, 3.63) is 129 Å². The largest absolute Gasteiger partial charge is 0.475 e. The van der Waals surface area contributed by atoms with E-state index in [1.807, 2.05) is 72.8 Å². The predicted octanol–water partition coefficient (Wildman–Crippen LogP) is 7.70. The number of hydrogen-bond donors (Lipinski definition) is 0. The van der Waals surface area contributed by atoms with Gasteiger partial charge in [-0.1, -0.05) is 83.9 Å². The van der Waals surface area contributed by atoms with Gasteiger partial charge in [-0.3, -0.25) is 0 Å². The van der Waals surface area contributed by atoms with E-state index in [1.54, 1.807) is 0 Å². The molecule has 0 saturated carbocycles. The number of ether oxygens (including phenoxy) is 2. The summed E-state index contributed by atoms with van der Waals surface area (Å²) in [7, 11) is 0. The fourth-order valence-corrected chi connectivity index (χ4v) is 4.93. The minimum Gasteiger partial charge on any atom is -0.475 e. The van der Waals surface area contributed by atoms with Gasteiger partial charge in [-0.2, -0.15) is 0 Å². The minimum atomic E-state index is -0.0577. The molecule has 0 amide bonds. The Labute approximate surface area is 219 Å². The third kappa shape index (κ3) is 4.50. The van der Waals surface area contributed by atoms with Crippen LogP contribution in [-0.4, -0.2) is 25.0 Å². The van der Waals surface area contributed by atoms with Gasteiger partial charge in [-0.05, 0) is 58.7 Å². The zero-order valence-corrected chi connectivity index (χ0v) is 20.8. The van der Waals surface area contributed by atoms with E-state index in [4.69, 9.17) is 42.7 Å². The number of halogens is 2. The second kappa shape index (κ2) is 9.81. The summed E-state index contributed by atoms with van der Waals surface area (Å²) in [6, 6.07) is 31.6. The van der Waals surface area contributed by atoms with Gasteiger partial charge in [0, 0.05) is 21.2 Å². The highest BCUT2D eigenvalue weighted by molar-refractivity contribution is 6.32. The summed E-state index contributed by atoms with van der Waals surface area (Å²) in [6.07, 6.45) is 0. The molecule has 6 heteroatoms. The van der Waals surface area contributed by atoms with Gasteiger partial charge in [0.25, 0.3) is 0 Å². The van der Waals surface area contributed by atoms with Gasteiger partial charge in [0.05, 0.1) is 0 Å². The first-order valence-electron chi connectivity index (χ1n) is 11.8. The molecule has 2 atom stereocenters. The van der Waals surface area contributed by atoms with Gasteiger partial charge in [0.1, 0.15) is 25.3 Å². The Balaban J connectivity index is 1.42. The fourth-order valence-electron chi connectivity index (χ4n) is 4.59. The van der Waals surface area contributed by atoms with Crippen LogP contribution in [0.3, 0.4) is 0 Å². The van der Waals surface area contributed by atoms with E-state index in [9.17, 15) is 0 Å². The third-order valence-corrected chi connectivity index (χ3v) is 6.86. The van der Waals surface area contributed by atoms with E-state index in [0.29, 0.717) is 35.1 Å². The summed E-state index contributed by atoms with van der Waals surface area (Å²) in [4.78, 5) is 9.81. The summed E-state index contributed by atoms with van der Waals surface area (Å²) in [5, 5.41) is 1.21. The molecule has 0 radical (unpaired) electrons. The maximum atomic E-state index is 6.48. The van der Waals surface area contributed by atoms with Gasteiger partial charge in [-0.15, -0.1) is 0 Å². The van der Waals surface area contributed by atoms with E-state index in [1.165, 1.54) is 0 Å². The van der Waals surface area contributed by atoms with Crippen molar-refractivity contribution in [1.29, 1.82) is 0 Å². The molecule has 0 saturated heterocycles. The van der Waals surface area contributed by atoms with Crippen molar-refractivity contribution in [2.24, 2.45) is 9.98 Å². The normalized spacial score (nSPS) is 18.8. The van der Waals surface area contributed by atoms with Crippen LogP contribution in [0.2, 0.25) is 10.0 Å². The van der Waals surface area contributed by atoms with Crippen LogP contribution >= 0.6 is 23.2 Å². The maximum Gasteiger partial charge on any atom is 0.217 e. The first kappa shape index (κ1) is 22.8. The Bertz CT molecular complexity index is 1360. The maximum absolute atomic E-state index is 6.48.